The number of rotatable bonds is 20. The van der Waals surface area contributed by atoms with Crippen LogP contribution in [-0.2, 0) is 9.59 Å². The molecule has 0 amide bonds. The van der Waals surface area contributed by atoms with E-state index in [2.05, 4.69) is 73.9 Å². The number of hydrogen-bond donors (Lipinski definition) is 0. The van der Waals surface area contributed by atoms with Gasteiger partial charge in [-0.05, 0) is 39.5 Å². The third kappa shape index (κ3) is 35.4. The van der Waals surface area contributed by atoms with Crippen LogP contribution in [-0.4, -0.2) is 191 Å². The standard InChI is InChI=1S/2C17H35BN.C4H7BrO2.C4H6BrO.B11.B.ClH.Na.H2O/c2*1-4-5-14-19(2,3)15-8-13-18-16-9-6-10-17(18)12-7-11-16;1-4(2,5)3(6)7;1-4(2,5)3-6;1-7-10(6)11(8(2)3)9(4)5;;;;/h2*16-17H,4-15H2,1-3H3;1-2H3,(H,6,7);1-2H3;;;1H;;1H2/q2*+1;;-1;;;;+1;/p-3. The second-order valence-electron chi connectivity index (χ2n) is 21.7. The van der Waals surface area contributed by atoms with Crippen LogP contribution in [0.15, 0.2) is 0 Å². The van der Waals surface area contributed by atoms with Gasteiger partial charge in [-0.3, -0.25) is 0 Å². The van der Waals surface area contributed by atoms with Crippen LogP contribution in [0.3, 0.4) is 0 Å². The van der Waals surface area contributed by atoms with Gasteiger partial charge in [-0.2, -0.15) is 0 Å². The summed E-state index contributed by atoms with van der Waals surface area (Å²) in [6.07, 6.45) is 29.6. The molecule has 4 saturated heterocycles. The summed E-state index contributed by atoms with van der Waals surface area (Å²) in [5, 5.41) is 9.86. The van der Waals surface area contributed by atoms with E-state index in [0.717, 1.165) is 36.7 Å². The van der Waals surface area contributed by atoms with Gasteiger partial charge in [0.1, 0.15) is 13.4 Å². The first-order valence-corrected chi connectivity index (χ1v) is 26.3. The van der Waals surface area contributed by atoms with Crippen molar-refractivity contribution in [3.63, 3.8) is 0 Å². The summed E-state index contributed by atoms with van der Waals surface area (Å²) < 4.78 is 1.16. The Morgan fingerprint density at radius 1 is 0.682 bits per heavy atom. The molecule has 6 nitrogen and oxygen atoms in total. The van der Waals surface area contributed by atoms with Gasteiger partial charge >= 0.3 is 29.6 Å². The van der Waals surface area contributed by atoms with E-state index in [4.69, 9.17) is 46.4 Å². The molecule has 4 fully saturated rings. The fourth-order valence-electron chi connectivity index (χ4n) is 10.4. The van der Waals surface area contributed by atoms with E-state index < -0.39 is 33.8 Å². The van der Waals surface area contributed by atoms with Gasteiger partial charge in [0.25, 0.3) is 0 Å². The molecule has 0 aromatic rings. The molecule has 4 rings (SSSR count). The molecule has 0 aliphatic carbocycles. The summed E-state index contributed by atoms with van der Waals surface area (Å²) in [5.41, 5.74) is 0. The quantitative estimate of drug-likeness (QED) is 0.0754. The van der Waals surface area contributed by atoms with Crippen LogP contribution >= 0.6 is 31.9 Å². The first-order chi connectivity index (χ1) is 28.8. The molecule has 0 saturated carbocycles. The maximum atomic E-state index is 9.86. The molecule has 0 spiro atoms. The van der Waals surface area contributed by atoms with Gasteiger partial charge in [-0.25, -0.2) is 6.29 Å². The minimum atomic E-state index is -1.09. The van der Waals surface area contributed by atoms with Crippen molar-refractivity contribution in [2.24, 2.45) is 0 Å². The molecule has 66 heavy (non-hydrogen) atoms. The van der Waals surface area contributed by atoms with Gasteiger partial charge in [0, 0.05) is 87.4 Å². The Morgan fingerprint density at radius 3 is 1.09 bits per heavy atom. The molecule has 24 heteroatoms. The molecule has 0 aromatic heterocycles. The predicted molar refractivity (Wildman–Crippen MR) is 302 cm³/mol. The van der Waals surface area contributed by atoms with E-state index in [1.165, 1.54) is 133 Å². The number of halogens is 3. The number of carbonyl (C=O) groups excluding carboxylic acids is 2. The number of quaternary nitrogens is 2. The van der Waals surface area contributed by atoms with Crippen LogP contribution in [0.2, 0.25) is 35.9 Å². The Bertz CT molecular complexity index is 1100. The number of aliphatic carboxylic acids is 1. The molecule has 350 valence electrons. The number of hydrogen-bond acceptors (Lipinski definition) is 4. The van der Waals surface area contributed by atoms with Crippen LogP contribution in [0, 0.1) is 0 Å². The van der Waals surface area contributed by atoms with Crippen LogP contribution in [0.1, 0.15) is 157 Å². The normalized spacial score (nSPS) is 19.5. The van der Waals surface area contributed by atoms with Gasteiger partial charge in [0.15, 0.2) is 0 Å². The molecule has 4 heterocycles. The zero-order chi connectivity index (χ0) is 47.7. The summed E-state index contributed by atoms with van der Waals surface area (Å²) in [5.74, 6) is 3.35. The van der Waals surface area contributed by atoms with Crippen molar-refractivity contribution >= 4 is 145 Å². The van der Waals surface area contributed by atoms with Crippen molar-refractivity contribution in [3.05, 3.63) is 0 Å². The second-order valence-corrected chi connectivity index (χ2v) is 25.7. The molecule has 1 N–H and O–H groups in total. The Labute approximate surface area is 468 Å². The topological polar surface area (TPSA) is 87.2 Å². The predicted octanol–water partition coefficient (Wildman–Crippen LogP) is 0.153. The molecule has 4 aliphatic heterocycles. The van der Waals surface area contributed by atoms with Gasteiger partial charge in [0.05, 0.1) is 64.7 Å². The zero-order valence-electron chi connectivity index (χ0n) is 44.1. The number of alkyl halides is 2. The maximum absolute atomic E-state index is 9.86. The van der Waals surface area contributed by atoms with Crippen molar-refractivity contribution in [2.45, 2.75) is 202 Å². The molecule has 0 aromatic carbocycles. The first kappa shape index (κ1) is 77.1. The van der Waals surface area contributed by atoms with E-state index in [-0.39, 0.29) is 62.2 Å². The largest absolute Gasteiger partial charge is 1.00 e. The van der Waals surface area contributed by atoms with Gasteiger partial charge in [0.2, 0.25) is 0 Å². The minimum absolute atomic E-state index is 0. The number of fused-ring (bicyclic) bond motifs is 4. The molecule has 0 atom stereocenters. The number of nitrogens with zero attached hydrogens (tertiary/aromatic N) is 2. The van der Waals surface area contributed by atoms with Crippen LogP contribution in [0.25, 0.3) is 0 Å². The number of carboxylic acid groups (broad SMARTS) is 1. The van der Waals surface area contributed by atoms with Crippen LogP contribution < -0.4 is 47.1 Å². The average molecular weight is 1050 g/mol. The summed E-state index contributed by atoms with van der Waals surface area (Å²) in [6.45, 7) is 18.9. The average Bonchev–Trinajstić information content (AvgIpc) is 3.16. The fourth-order valence-corrected chi connectivity index (χ4v) is 10.4. The summed E-state index contributed by atoms with van der Waals surface area (Å²) in [7, 11) is 43.2. The van der Waals surface area contributed by atoms with Crippen molar-refractivity contribution in [3.8, 4) is 0 Å². The number of carboxylic acids is 1. The van der Waals surface area contributed by atoms with Crippen molar-refractivity contribution < 1.29 is 71.1 Å². The summed E-state index contributed by atoms with van der Waals surface area (Å²) in [4.78, 5) is 19.5. The van der Waals surface area contributed by atoms with Crippen LogP contribution in [0.5, 0.6) is 0 Å². The Kier molecular flexibility index (Phi) is 47.4. The SMILES string of the molecule is CC(C)(Br)C(=O)[O-].CC(C)(Br)[C-]=O.CCCC[N+](C)(C)CCCB1C2CCCC1CCC2.CCCC[N+](C)(C)CCCB1C2CCCC1CCC2.[B].[B][B]B([B])B(B([B])[B])B([B])[B].[Cl-].[Na+].[OH-]. The second kappa shape index (κ2) is 40.6. The third-order valence-electron chi connectivity index (χ3n) is 14.1. The zero-order valence-corrected chi connectivity index (χ0v) is 50.0. The smallest absolute Gasteiger partial charge is 1.00 e. The van der Waals surface area contributed by atoms with Crippen molar-refractivity contribution in [1.82, 2.24) is 0 Å². The minimum Gasteiger partial charge on any atom is -1.00 e. The van der Waals surface area contributed by atoms with Crippen molar-refractivity contribution in [1.29, 1.82) is 0 Å². The van der Waals surface area contributed by atoms with E-state index in [9.17, 15) is 14.7 Å². The van der Waals surface area contributed by atoms with Crippen molar-refractivity contribution in [2.75, 3.05) is 54.4 Å². The Morgan fingerprint density at radius 2 is 0.924 bits per heavy atom. The molecule has 4 aliphatic rings. The Balaban J connectivity index is -0.000000248. The first-order valence-electron chi connectivity index (χ1n) is 24.7. The summed E-state index contributed by atoms with van der Waals surface area (Å²) >= 11 is 5.93. The molecule has 16 radical (unpaired) electrons. The van der Waals surface area contributed by atoms with Gasteiger partial charge in [-0.15, -0.1) is 15.9 Å². The molecular weight excluding hydrogens is 966 g/mol. The van der Waals surface area contributed by atoms with E-state index in [1.807, 2.05) is 0 Å². The van der Waals surface area contributed by atoms with Gasteiger partial charge < -0.3 is 41.5 Å². The molecule has 4 bridgehead atoms. The molecular formula is C42H83B14Br2ClN2NaO4-. The van der Waals surface area contributed by atoms with Gasteiger partial charge in [-0.1, -0.05) is 174 Å². The van der Waals surface area contributed by atoms with Crippen LogP contribution in [0.4, 0.5) is 0 Å². The Hall–Kier alpha value is 2.18. The third-order valence-corrected chi connectivity index (χ3v) is 14.6. The monoisotopic (exact) mass is 1050 g/mol. The summed E-state index contributed by atoms with van der Waals surface area (Å²) in [6, 6.07) is 0. The fraction of sp³-hybridized carbons (Fsp3) is 0.952. The maximum Gasteiger partial charge on any atom is 1.00 e. The number of unbranched alkanes of at least 4 members (excludes halogenated alkanes) is 2. The molecule has 0 unspecified atom stereocenters. The van der Waals surface area contributed by atoms with E-state index >= 15 is 0 Å². The van der Waals surface area contributed by atoms with E-state index in [0.29, 0.717) is 0 Å². The number of carbonyl (C=O) groups is 1. The van der Waals surface area contributed by atoms with E-state index in [1.54, 1.807) is 71.5 Å².